The first-order chi connectivity index (χ1) is 10.2. The summed E-state index contributed by atoms with van der Waals surface area (Å²) in [5.41, 5.74) is 5.99. The van der Waals surface area contributed by atoms with E-state index in [1.165, 1.54) is 23.1 Å². The van der Waals surface area contributed by atoms with E-state index in [-0.39, 0.29) is 6.03 Å². The fourth-order valence-corrected chi connectivity index (χ4v) is 2.81. The highest BCUT2D eigenvalue weighted by molar-refractivity contribution is 5.89. The van der Waals surface area contributed by atoms with E-state index in [1.54, 1.807) is 0 Å². The first-order valence-electron chi connectivity index (χ1n) is 7.43. The topological polar surface area (TPSA) is 41.1 Å². The molecule has 0 unspecified atom stereocenters. The Kier molecular flexibility index (Phi) is 3.91. The lowest BCUT2D eigenvalue weighted by Crippen LogP contribution is -2.28. The maximum absolute atomic E-state index is 12.0. The summed E-state index contributed by atoms with van der Waals surface area (Å²) in [5, 5.41) is 5.82. The smallest absolute Gasteiger partial charge is 0.319 e. The molecule has 0 aliphatic heterocycles. The van der Waals surface area contributed by atoms with Crippen LogP contribution in [0.1, 0.15) is 28.7 Å². The quantitative estimate of drug-likeness (QED) is 0.882. The van der Waals surface area contributed by atoms with Crippen molar-refractivity contribution >= 4 is 11.7 Å². The van der Waals surface area contributed by atoms with Crippen LogP contribution in [-0.2, 0) is 19.4 Å². The van der Waals surface area contributed by atoms with Crippen LogP contribution in [0.25, 0.3) is 0 Å². The summed E-state index contributed by atoms with van der Waals surface area (Å²) in [5.74, 6) is 0. The number of rotatable bonds is 3. The SMILES string of the molecule is Cc1ccccc1CNC(=O)Nc1ccc2c(c1)CCC2. The summed E-state index contributed by atoms with van der Waals surface area (Å²) in [7, 11) is 0. The third-order valence-electron chi connectivity index (χ3n) is 4.06. The zero-order chi connectivity index (χ0) is 14.7. The second-order valence-corrected chi connectivity index (χ2v) is 5.57. The summed E-state index contributed by atoms with van der Waals surface area (Å²) in [6.45, 7) is 2.60. The molecule has 2 amide bonds. The number of urea groups is 1. The molecule has 0 radical (unpaired) electrons. The number of hydrogen-bond acceptors (Lipinski definition) is 1. The lowest BCUT2D eigenvalue weighted by molar-refractivity contribution is 0.251. The van der Waals surface area contributed by atoms with Crippen LogP contribution in [0.3, 0.4) is 0 Å². The molecular weight excluding hydrogens is 260 g/mol. The van der Waals surface area contributed by atoms with Crippen LogP contribution in [0.4, 0.5) is 10.5 Å². The number of hydrogen-bond donors (Lipinski definition) is 2. The number of carbonyl (C=O) groups excluding carboxylic acids is 1. The standard InChI is InChI=1S/C18H20N2O/c1-13-5-2-3-6-16(13)12-19-18(21)20-17-10-9-14-7-4-8-15(14)11-17/h2-3,5-6,9-11H,4,7-8,12H2,1H3,(H2,19,20,21). The molecule has 0 aromatic heterocycles. The predicted molar refractivity (Wildman–Crippen MR) is 85.5 cm³/mol. The van der Waals surface area contributed by atoms with Gasteiger partial charge in [-0.25, -0.2) is 4.79 Å². The van der Waals surface area contributed by atoms with Crippen LogP contribution in [0.2, 0.25) is 0 Å². The van der Waals surface area contributed by atoms with Crippen molar-refractivity contribution in [1.82, 2.24) is 5.32 Å². The normalized spacial score (nSPS) is 12.8. The Morgan fingerprint density at radius 3 is 2.76 bits per heavy atom. The maximum Gasteiger partial charge on any atom is 0.319 e. The number of amides is 2. The summed E-state index contributed by atoms with van der Waals surface area (Å²) >= 11 is 0. The Morgan fingerprint density at radius 1 is 1.10 bits per heavy atom. The monoisotopic (exact) mass is 280 g/mol. The van der Waals surface area contributed by atoms with E-state index in [1.807, 2.05) is 24.3 Å². The summed E-state index contributed by atoms with van der Waals surface area (Å²) in [6, 6.07) is 14.1. The number of fused-ring (bicyclic) bond motifs is 1. The zero-order valence-electron chi connectivity index (χ0n) is 12.3. The molecule has 0 bridgehead atoms. The van der Waals surface area contributed by atoms with E-state index >= 15 is 0 Å². The molecular formula is C18H20N2O. The Hall–Kier alpha value is -2.29. The van der Waals surface area contributed by atoms with Gasteiger partial charge in [0, 0.05) is 12.2 Å². The van der Waals surface area contributed by atoms with Crippen molar-refractivity contribution in [2.75, 3.05) is 5.32 Å². The number of nitrogens with one attached hydrogen (secondary N) is 2. The van der Waals surface area contributed by atoms with Crippen molar-refractivity contribution in [2.24, 2.45) is 0 Å². The second kappa shape index (κ2) is 6.00. The molecule has 1 aliphatic rings. The molecule has 108 valence electrons. The van der Waals surface area contributed by atoms with Gasteiger partial charge in [0.25, 0.3) is 0 Å². The van der Waals surface area contributed by atoms with Crippen LogP contribution in [0.5, 0.6) is 0 Å². The van der Waals surface area contributed by atoms with E-state index in [0.29, 0.717) is 6.54 Å². The Morgan fingerprint density at radius 2 is 1.90 bits per heavy atom. The number of aryl methyl sites for hydroxylation is 3. The van der Waals surface area contributed by atoms with Crippen LogP contribution in [-0.4, -0.2) is 6.03 Å². The summed E-state index contributed by atoms with van der Waals surface area (Å²) in [6.07, 6.45) is 3.50. The van der Waals surface area contributed by atoms with E-state index in [9.17, 15) is 4.79 Å². The third kappa shape index (κ3) is 3.24. The minimum Gasteiger partial charge on any atom is -0.334 e. The molecule has 0 spiro atoms. The fourth-order valence-electron chi connectivity index (χ4n) is 2.81. The maximum atomic E-state index is 12.0. The predicted octanol–water partition coefficient (Wildman–Crippen LogP) is 3.81. The molecule has 2 aromatic carbocycles. The van der Waals surface area contributed by atoms with Gasteiger partial charge in [0.1, 0.15) is 0 Å². The largest absolute Gasteiger partial charge is 0.334 e. The van der Waals surface area contributed by atoms with E-state index < -0.39 is 0 Å². The highest BCUT2D eigenvalue weighted by atomic mass is 16.2. The van der Waals surface area contributed by atoms with Gasteiger partial charge in [0.15, 0.2) is 0 Å². The number of anilines is 1. The van der Waals surface area contributed by atoms with Crippen LogP contribution < -0.4 is 10.6 Å². The highest BCUT2D eigenvalue weighted by Gasteiger charge is 2.11. The van der Waals surface area contributed by atoms with E-state index in [0.717, 1.165) is 24.1 Å². The zero-order valence-corrected chi connectivity index (χ0v) is 12.3. The third-order valence-corrected chi connectivity index (χ3v) is 4.06. The second-order valence-electron chi connectivity index (χ2n) is 5.57. The van der Waals surface area contributed by atoms with Gasteiger partial charge < -0.3 is 10.6 Å². The molecule has 2 N–H and O–H groups in total. The fraction of sp³-hybridized carbons (Fsp3) is 0.278. The molecule has 0 saturated heterocycles. The van der Waals surface area contributed by atoms with Gasteiger partial charge in [-0.1, -0.05) is 30.3 Å². The minimum atomic E-state index is -0.156. The van der Waals surface area contributed by atoms with Gasteiger partial charge in [-0.05, 0) is 60.6 Å². The molecule has 0 heterocycles. The average molecular weight is 280 g/mol. The van der Waals surface area contributed by atoms with Gasteiger partial charge in [0.05, 0.1) is 0 Å². The molecule has 0 saturated carbocycles. The van der Waals surface area contributed by atoms with Gasteiger partial charge >= 0.3 is 6.03 Å². The van der Waals surface area contributed by atoms with Gasteiger partial charge in [-0.15, -0.1) is 0 Å². The average Bonchev–Trinajstić information content (AvgIpc) is 2.94. The lowest BCUT2D eigenvalue weighted by atomic mass is 10.1. The van der Waals surface area contributed by atoms with Crippen molar-refractivity contribution in [3.8, 4) is 0 Å². The Balaban J connectivity index is 1.58. The lowest BCUT2D eigenvalue weighted by Gasteiger charge is -2.10. The molecule has 3 heteroatoms. The van der Waals surface area contributed by atoms with Crippen LogP contribution in [0, 0.1) is 6.92 Å². The van der Waals surface area contributed by atoms with Crippen molar-refractivity contribution in [1.29, 1.82) is 0 Å². The minimum absolute atomic E-state index is 0.156. The van der Waals surface area contributed by atoms with Crippen LogP contribution >= 0.6 is 0 Å². The molecule has 21 heavy (non-hydrogen) atoms. The van der Waals surface area contributed by atoms with Gasteiger partial charge in [-0.2, -0.15) is 0 Å². The van der Waals surface area contributed by atoms with Crippen molar-refractivity contribution in [2.45, 2.75) is 32.7 Å². The molecule has 3 rings (SSSR count). The van der Waals surface area contributed by atoms with Gasteiger partial charge in [-0.3, -0.25) is 0 Å². The first kappa shape index (κ1) is 13.7. The highest BCUT2D eigenvalue weighted by Crippen LogP contribution is 2.24. The molecule has 3 nitrogen and oxygen atoms in total. The van der Waals surface area contributed by atoms with Crippen molar-refractivity contribution in [3.63, 3.8) is 0 Å². The van der Waals surface area contributed by atoms with Crippen molar-refractivity contribution < 1.29 is 4.79 Å². The summed E-state index contributed by atoms with van der Waals surface area (Å²) < 4.78 is 0. The van der Waals surface area contributed by atoms with E-state index in [4.69, 9.17) is 0 Å². The van der Waals surface area contributed by atoms with Gasteiger partial charge in [0.2, 0.25) is 0 Å². The number of carbonyl (C=O) groups is 1. The number of benzene rings is 2. The first-order valence-corrected chi connectivity index (χ1v) is 7.43. The van der Waals surface area contributed by atoms with E-state index in [2.05, 4.69) is 35.8 Å². The Labute approximate surface area is 125 Å². The molecule has 0 atom stereocenters. The Bertz CT molecular complexity index is 664. The molecule has 1 aliphatic carbocycles. The van der Waals surface area contributed by atoms with Crippen molar-refractivity contribution in [3.05, 3.63) is 64.7 Å². The molecule has 2 aromatic rings. The van der Waals surface area contributed by atoms with Crippen LogP contribution in [0.15, 0.2) is 42.5 Å². The molecule has 0 fully saturated rings. The summed E-state index contributed by atoms with van der Waals surface area (Å²) in [4.78, 5) is 12.0.